The maximum Gasteiger partial charge on any atom is 0.127 e. The van der Waals surface area contributed by atoms with Crippen LogP contribution in [0.2, 0.25) is 0 Å². The second-order valence-electron chi connectivity index (χ2n) is 5.38. The molecule has 0 bridgehead atoms. The molecule has 0 saturated heterocycles. The number of methoxy groups -OCH3 is 1. The summed E-state index contributed by atoms with van der Waals surface area (Å²) >= 11 is 0. The lowest BCUT2D eigenvalue weighted by Gasteiger charge is -2.23. The van der Waals surface area contributed by atoms with Crippen LogP contribution in [0.15, 0.2) is 42.5 Å². The molecule has 0 saturated carbocycles. The van der Waals surface area contributed by atoms with Gasteiger partial charge in [-0.2, -0.15) is 0 Å². The smallest absolute Gasteiger partial charge is 0.127 e. The Labute approximate surface area is 126 Å². The molecule has 2 unspecified atom stereocenters. The van der Waals surface area contributed by atoms with Crippen molar-refractivity contribution in [3.05, 3.63) is 65.0 Å². The fourth-order valence-corrected chi connectivity index (χ4v) is 2.57. The van der Waals surface area contributed by atoms with E-state index < -0.39 is 0 Å². The summed E-state index contributed by atoms with van der Waals surface area (Å²) < 4.78 is 19.3. The maximum absolute atomic E-state index is 13.8. The van der Waals surface area contributed by atoms with E-state index in [4.69, 9.17) is 4.74 Å². The zero-order chi connectivity index (χ0) is 15.4. The molecule has 2 atom stereocenters. The summed E-state index contributed by atoms with van der Waals surface area (Å²) in [7, 11) is 1.67. The number of nitrogens with one attached hydrogen (secondary N) is 1. The first-order valence-corrected chi connectivity index (χ1v) is 7.18. The number of aryl methyl sites for hydroxylation is 1. The number of benzene rings is 2. The molecule has 1 N–H and O–H groups in total. The molecule has 0 aromatic heterocycles. The van der Waals surface area contributed by atoms with Gasteiger partial charge >= 0.3 is 0 Å². The predicted octanol–water partition coefficient (Wildman–Crippen LogP) is 4.55. The summed E-state index contributed by atoms with van der Waals surface area (Å²) in [5.41, 5.74) is 2.94. The Morgan fingerprint density at radius 2 is 1.67 bits per heavy atom. The van der Waals surface area contributed by atoms with E-state index >= 15 is 0 Å². The van der Waals surface area contributed by atoms with Gasteiger partial charge in [0.1, 0.15) is 11.6 Å². The van der Waals surface area contributed by atoms with E-state index in [1.807, 2.05) is 31.2 Å². The van der Waals surface area contributed by atoms with Crippen LogP contribution in [0.4, 0.5) is 4.39 Å². The highest BCUT2D eigenvalue weighted by molar-refractivity contribution is 5.39. The maximum atomic E-state index is 13.8. The zero-order valence-electron chi connectivity index (χ0n) is 13.0. The van der Waals surface area contributed by atoms with Crippen molar-refractivity contribution >= 4 is 0 Å². The second kappa shape index (κ2) is 6.72. The van der Waals surface area contributed by atoms with Crippen molar-refractivity contribution in [1.82, 2.24) is 5.32 Å². The van der Waals surface area contributed by atoms with E-state index in [1.165, 1.54) is 11.6 Å². The quantitative estimate of drug-likeness (QED) is 0.870. The molecule has 2 rings (SSSR count). The summed E-state index contributed by atoms with van der Waals surface area (Å²) in [6.45, 7) is 6.09. The molecule has 112 valence electrons. The van der Waals surface area contributed by atoms with Crippen LogP contribution in [0, 0.1) is 12.7 Å². The van der Waals surface area contributed by atoms with Gasteiger partial charge in [0.2, 0.25) is 0 Å². The minimum Gasteiger partial charge on any atom is -0.496 e. The van der Waals surface area contributed by atoms with Crippen molar-refractivity contribution in [2.75, 3.05) is 7.11 Å². The molecule has 0 radical (unpaired) electrons. The first kappa shape index (κ1) is 15.5. The van der Waals surface area contributed by atoms with Gasteiger partial charge in [0.05, 0.1) is 7.11 Å². The second-order valence-corrected chi connectivity index (χ2v) is 5.38. The highest BCUT2D eigenvalue weighted by Gasteiger charge is 2.16. The van der Waals surface area contributed by atoms with Gasteiger partial charge in [-0.15, -0.1) is 0 Å². The van der Waals surface area contributed by atoms with Crippen molar-refractivity contribution < 1.29 is 9.13 Å². The van der Waals surface area contributed by atoms with Gasteiger partial charge in [0, 0.05) is 23.2 Å². The van der Waals surface area contributed by atoms with Gasteiger partial charge in [0.25, 0.3) is 0 Å². The Morgan fingerprint density at radius 1 is 1.00 bits per heavy atom. The van der Waals surface area contributed by atoms with Crippen LogP contribution in [0.25, 0.3) is 0 Å². The molecule has 2 aromatic carbocycles. The molecular weight excluding hydrogens is 265 g/mol. The van der Waals surface area contributed by atoms with Gasteiger partial charge in [-0.3, -0.25) is 0 Å². The number of halogens is 1. The Morgan fingerprint density at radius 3 is 2.33 bits per heavy atom. The topological polar surface area (TPSA) is 21.3 Å². The number of ether oxygens (including phenoxy) is 1. The van der Waals surface area contributed by atoms with Crippen molar-refractivity contribution in [2.45, 2.75) is 32.9 Å². The molecule has 2 nitrogen and oxygen atoms in total. The number of hydrogen-bond donors (Lipinski definition) is 1. The molecule has 0 amide bonds. The standard InChI is InChI=1S/C18H22FNO/c1-12-9-10-18(21-4)16(11-12)14(3)20-13(2)15-7-5-6-8-17(15)19/h5-11,13-14,20H,1-4H3. The van der Waals surface area contributed by atoms with Crippen LogP contribution in [-0.4, -0.2) is 7.11 Å². The van der Waals surface area contributed by atoms with E-state index in [1.54, 1.807) is 13.2 Å². The Kier molecular flexibility index (Phi) is 4.97. The monoisotopic (exact) mass is 287 g/mol. The van der Waals surface area contributed by atoms with Gasteiger partial charge in [0.15, 0.2) is 0 Å². The largest absolute Gasteiger partial charge is 0.496 e. The fourth-order valence-electron chi connectivity index (χ4n) is 2.57. The predicted molar refractivity (Wildman–Crippen MR) is 84.1 cm³/mol. The SMILES string of the molecule is COc1ccc(C)cc1C(C)NC(C)c1ccccc1F. The summed E-state index contributed by atoms with van der Waals surface area (Å²) in [6.07, 6.45) is 0. The lowest BCUT2D eigenvalue weighted by atomic mass is 10.0. The Hall–Kier alpha value is -1.87. The van der Waals surface area contributed by atoms with Crippen LogP contribution in [0.1, 0.15) is 42.6 Å². The van der Waals surface area contributed by atoms with Crippen LogP contribution in [-0.2, 0) is 0 Å². The highest BCUT2D eigenvalue weighted by Crippen LogP contribution is 2.28. The third-order valence-electron chi connectivity index (χ3n) is 3.72. The van der Waals surface area contributed by atoms with E-state index in [9.17, 15) is 4.39 Å². The lowest BCUT2D eigenvalue weighted by Crippen LogP contribution is -2.23. The first-order valence-electron chi connectivity index (χ1n) is 7.18. The molecule has 2 aromatic rings. The van der Waals surface area contributed by atoms with Crippen LogP contribution < -0.4 is 10.1 Å². The Balaban J connectivity index is 2.20. The minimum absolute atomic E-state index is 0.0643. The number of hydrogen-bond acceptors (Lipinski definition) is 2. The highest BCUT2D eigenvalue weighted by atomic mass is 19.1. The fraction of sp³-hybridized carbons (Fsp3) is 0.333. The summed E-state index contributed by atoms with van der Waals surface area (Å²) in [5.74, 6) is 0.669. The molecule has 21 heavy (non-hydrogen) atoms. The van der Waals surface area contributed by atoms with Crippen molar-refractivity contribution in [2.24, 2.45) is 0 Å². The average molecular weight is 287 g/mol. The van der Waals surface area contributed by atoms with Crippen LogP contribution in [0.3, 0.4) is 0 Å². The van der Waals surface area contributed by atoms with E-state index in [2.05, 4.69) is 25.2 Å². The van der Waals surface area contributed by atoms with E-state index in [0.717, 1.165) is 11.3 Å². The van der Waals surface area contributed by atoms with E-state index in [-0.39, 0.29) is 17.9 Å². The van der Waals surface area contributed by atoms with Gasteiger partial charge in [-0.05, 0) is 32.9 Å². The Bertz CT molecular complexity index is 612. The van der Waals surface area contributed by atoms with Gasteiger partial charge < -0.3 is 10.1 Å². The summed E-state index contributed by atoms with van der Waals surface area (Å²) in [4.78, 5) is 0. The van der Waals surface area contributed by atoms with Crippen LogP contribution >= 0.6 is 0 Å². The van der Waals surface area contributed by atoms with Crippen LogP contribution in [0.5, 0.6) is 5.75 Å². The zero-order valence-corrected chi connectivity index (χ0v) is 13.0. The molecule has 0 aliphatic heterocycles. The molecular formula is C18H22FNO. The molecule has 0 aliphatic carbocycles. The normalized spacial score (nSPS) is 13.8. The van der Waals surface area contributed by atoms with Crippen molar-refractivity contribution in [1.29, 1.82) is 0 Å². The van der Waals surface area contributed by atoms with Gasteiger partial charge in [-0.25, -0.2) is 4.39 Å². The third kappa shape index (κ3) is 3.61. The van der Waals surface area contributed by atoms with Gasteiger partial charge in [-0.1, -0.05) is 35.9 Å². The molecule has 3 heteroatoms. The third-order valence-corrected chi connectivity index (χ3v) is 3.72. The lowest BCUT2D eigenvalue weighted by molar-refractivity contribution is 0.395. The minimum atomic E-state index is -0.180. The molecule has 0 fully saturated rings. The average Bonchev–Trinajstić information content (AvgIpc) is 2.47. The molecule has 0 spiro atoms. The van der Waals surface area contributed by atoms with Crippen molar-refractivity contribution in [3.8, 4) is 5.75 Å². The summed E-state index contributed by atoms with van der Waals surface area (Å²) in [5, 5.41) is 3.44. The molecule has 0 aliphatic rings. The number of rotatable bonds is 5. The summed E-state index contributed by atoms with van der Waals surface area (Å²) in [6, 6.07) is 12.9. The van der Waals surface area contributed by atoms with Crippen molar-refractivity contribution in [3.63, 3.8) is 0 Å². The first-order chi connectivity index (χ1) is 10.0. The van der Waals surface area contributed by atoms with E-state index in [0.29, 0.717) is 5.56 Å². The molecule has 0 heterocycles.